The number of aryl methyl sites for hydroxylation is 2. The Kier molecular flexibility index (Phi) is 5.38. The molecule has 1 fully saturated rings. The SMILES string of the molecule is Cc1noc(C)c1S(=O)(=O)N1CCC(C(=O)NCc2cccnc2)CC1. The molecule has 1 aliphatic heterocycles. The first-order chi connectivity index (χ1) is 12.4. The quantitative estimate of drug-likeness (QED) is 0.843. The normalized spacial score (nSPS) is 16.5. The predicted octanol–water partition coefficient (Wildman–Crippen LogP) is 1.40. The number of sulfonamides is 1. The highest BCUT2D eigenvalue weighted by Crippen LogP contribution is 2.27. The topological polar surface area (TPSA) is 105 Å². The predicted molar refractivity (Wildman–Crippen MR) is 93.5 cm³/mol. The highest BCUT2D eigenvalue weighted by atomic mass is 32.2. The van der Waals surface area contributed by atoms with Gasteiger partial charge >= 0.3 is 0 Å². The van der Waals surface area contributed by atoms with Crippen LogP contribution in [-0.4, -0.2) is 41.9 Å². The Hall–Kier alpha value is -2.26. The van der Waals surface area contributed by atoms with E-state index in [2.05, 4.69) is 15.5 Å². The molecule has 8 nitrogen and oxygen atoms in total. The number of aromatic nitrogens is 2. The summed E-state index contributed by atoms with van der Waals surface area (Å²) in [6.07, 6.45) is 4.36. The van der Waals surface area contributed by atoms with Crippen molar-refractivity contribution in [2.24, 2.45) is 5.92 Å². The molecular weight excluding hydrogens is 356 g/mol. The molecule has 0 radical (unpaired) electrons. The van der Waals surface area contributed by atoms with Gasteiger partial charge in [0, 0.05) is 37.9 Å². The van der Waals surface area contributed by atoms with Crippen LogP contribution in [0.2, 0.25) is 0 Å². The van der Waals surface area contributed by atoms with Crippen molar-refractivity contribution >= 4 is 15.9 Å². The van der Waals surface area contributed by atoms with Gasteiger partial charge in [0.05, 0.1) is 0 Å². The summed E-state index contributed by atoms with van der Waals surface area (Å²) >= 11 is 0. The molecule has 0 atom stereocenters. The second-order valence-corrected chi connectivity index (χ2v) is 8.29. The molecule has 0 bridgehead atoms. The molecule has 3 rings (SSSR count). The number of hydrogen-bond acceptors (Lipinski definition) is 6. The number of hydrogen-bond donors (Lipinski definition) is 1. The lowest BCUT2D eigenvalue weighted by molar-refractivity contribution is -0.126. The van der Waals surface area contributed by atoms with Crippen molar-refractivity contribution in [3.63, 3.8) is 0 Å². The summed E-state index contributed by atoms with van der Waals surface area (Å²) in [4.78, 5) is 16.5. The maximum Gasteiger partial charge on any atom is 0.248 e. The standard InChI is InChI=1S/C17H22N4O4S/c1-12-16(13(2)25-20-12)26(23,24)21-8-5-15(6-9-21)17(22)19-11-14-4-3-7-18-10-14/h3-4,7,10,15H,5-6,8-9,11H2,1-2H3,(H,19,22). The monoisotopic (exact) mass is 378 g/mol. The third kappa shape index (κ3) is 3.78. The molecule has 26 heavy (non-hydrogen) atoms. The van der Waals surface area contributed by atoms with Crippen LogP contribution in [0.4, 0.5) is 0 Å². The van der Waals surface area contributed by atoms with Crippen LogP contribution in [0.15, 0.2) is 33.9 Å². The molecule has 0 aromatic carbocycles. The van der Waals surface area contributed by atoms with Gasteiger partial charge in [-0.3, -0.25) is 9.78 Å². The Morgan fingerprint density at radius 2 is 2.08 bits per heavy atom. The van der Waals surface area contributed by atoms with E-state index in [-0.39, 0.29) is 16.7 Å². The number of nitrogens with zero attached hydrogens (tertiary/aromatic N) is 3. The second kappa shape index (κ2) is 7.55. The molecule has 0 aliphatic carbocycles. The maximum atomic E-state index is 12.8. The average Bonchev–Trinajstić information content (AvgIpc) is 2.99. The van der Waals surface area contributed by atoms with E-state index in [1.807, 2.05) is 12.1 Å². The fourth-order valence-electron chi connectivity index (χ4n) is 3.17. The summed E-state index contributed by atoms with van der Waals surface area (Å²) in [5.74, 6) is 0.0462. The van der Waals surface area contributed by atoms with Crippen LogP contribution in [0.1, 0.15) is 29.9 Å². The first kappa shape index (κ1) is 18.5. The van der Waals surface area contributed by atoms with Crippen LogP contribution in [-0.2, 0) is 21.4 Å². The lowest BCUT2D eigenvalue weighted by Gasteiger charge is -2.30. The molecule has 1 saturated heterocycles. The Morgan fingerprint density at radius 1 is 1.35 bits per heavy atom. The third-order valence-electron chi connectivity index (χ3n) is 4.58. The fourth-order valence-corrected chi connectivity index (χ4v) is 4.93. The molecule has 0 spiro atoms. The van der Waals surface area contributed by atoms with Crippen molar-refractivity contribution in [2.75, 3.05) is 13.1 Å². The van der Waals surface area contributed by atoms with Gasteiger partial charge in [-0.25, -0.2) is 8.42 Å². The molecular formula is C17H22N4O4S. The number of rotatable bonds is 5. The number of carbonyl (C=O) groups is 1. The van der Waals surface area contributed by atoms with Gasteiger partial charge in [0.1, 0.15) is 10.6 Å². The summed E-state index contributed by atoms with van der Waals surface area (Å²) in [5, 5.41) is 6.62. The van der Waals surface area contributed by atoms with Crippen molar-refractivity contribution in [3.05, 3.63) is 41.5 Å². The number of amides is 1. The van der Waals surface area contributed by atoms with Crippen molar-refractivity contribution < 1.29 is 17.7 Å². The van der Waals surface area contributed by atoms with Gasteiger partial charge < -0.3 is 9.84 Å². The Morgan fingerprint density at radius 3 is 2.65 bits per heavy atom. The Labute approximate surface area is 152 Å². The fraction of sp³-hybridized carbons (Fsp3) is 0.471. The van der Waals surface area contributed by atoms with Gasteiger partial charge in [-0.05, 0) is 38.3 Å². The molecule has 1 aliphatic rings. The lowest BCUT2D eigenvalue weighted by atomic mass is 9.97. The lowest BCUT2D eigenvalue weighted by Crippen LogP contribution is -2.43. The van der Waals surface area contributed by atoms with E-state index < -0.39 is 10.0 Å². The minimum absolute atomic E-state index is 0.0526. The van der Waals surface area contributed by atoms with Crippen LogP contribution >= 0.6 is 0 Å². The van der Waals surface area contributed by atoms with E-state index in [1.54, 1.807) is 26.2 Å². The van der Waals surface area contributed by atoms with E-state index in [4.69, 9.17) is 4.52 Å². The average molecular weight is 378 g/mol. The zero-order valence-electron chi connectivity index (χ0n) is 14.8. The zero-order chi connectivity index (χ0) is 18.7. The highest BCUT2D eigenvalue weighted by Gasteiger charge is 2.35. The molecule has 1 N–H and O–H groups in total. The van der Waals surface area contributed by atoms with Gasteiger partial charge in [0.15, 0.2) is 5.76 Å². The summed E-state index contributed by atoms with van der Waals surface area (Å²) in [5.41, 5.74) is 1.29. The number of pyridine rings is 1. The molecule has 2 aromatic rings. The number of carbonyl (C=O) groups excluding carboxylic acids is 1. The van der Waals surface area contributed by atoms with Crippen LogP contribution in [0.3, 0.4) is 0 Å². The maximum absolute atomic E-state index is 12.8. The highest BCUT2D eigenvalue weighted by molar-refractivity contribution is 7.89. The molecule has 1 amide bonds. The van der Waals surface area contributed by atoms with E-state index >= 15 is 0 Å². The second-order valence-electron chi connectivity index (χ2n) is 6.41. The van der Waals surface area contributed by atoms with Crippen LogP contribution in [0.25, 0.3) is 0 Å². The summed E-state index contributed by atoms with van der Waals surface area (Å²) < 4.78 is 32.0. The van der Waals surface area contributed by atoms with E-state index in [0.717, 1.165) is 5.56 Å². The van der Waals surface area contributed by atoms with Crippen LogP contribution in [0.5, 0.6) is 0 Å². The molecule has 3 heterocycles. The number of nitrogens with one attached hydrogen (secondary N) is 1. The summed E-state index contributed by atoms with van der Waals surface area (Å²) in [7, 11) is -3.65. The van der Waals surface area contributed by atoms with Crippen molar-refractivity contribution in [1.82, 2.24) is 19.8 Å². The minimum Gasteiger partial charge on any atom is -0.360 e. The first-order valence-electron chi connectivity index (χ1n) is 8.49. The third-order valence-corrected chi connectivity index (χ3v) is 6.72. The molecule has 0 unspecified atom stereocenters. The van der Waals surface area contributed by atoms with Crippen LogP contribution < -0.4 is 5.32 Å². The largest absolute Gasteiger partial charge is 0.360 e. The molecule has 9 heteroatoms. The number of piperidine rings is 1. The first-order valence-corrected chi connectivity index (χ1v) is 9.93. The van der Waals surface area contributed by atoms with E-state index in [0.29, 0.717) is 43.9 Å². The van der Waals surface area contributed by atoms with Gasteiger partial charge in [-0.2, -0.15) is 4.31 Å². The van der Waals surface area contributed by atoms with Gasteiger partial charge in [0.2, 0.25) is 15.9 Å². The Bertz CT molecular complexity index is 852. The van der Waals surface area contributed by atoms with Gasteiger partial charge in [0.25, 0.3) is 0 Å². The van der Waals surface area contributed by atoms with Gasteiger partial charge in [-0.1, -0.05) is 11.2 Å². The van der Waals surface area contributed by atoms with E-state index in [9.17, 15) is 13.2 Å². The van der Waals surface area contributed by atoms with Crippen LogP contribution in [0, 0.1) is 19.8 Å². The summed E-state index contributed by atoms with van der Waals surface area (Å²) in [6, 6.07) is 3.71. The zero-order valence-corrected chi connectivity index (χ0v) is 15.6. The molecule has 0 saturated carbocycles. The minimum atomic E-state index is -3.65. The molecule has 140 valence electrons. The van der Waals surface area contributed by atoms with Crippen molar-refractivity contribution in [1.29, 1.82) is 0 Å². The van der Waals surface area contributed by atoms with Gasteiger partial charge in [-0.15, -0.1) is 0 Å². The summed E-state index contributed by atoms with van der Waals surface area (Å²) in [6.45, 7) is 4.23. The molecule has 2 aromatic heterocycles. The van der Waals surface area contributed by atoms with E-state index in [1.165, 1.54) is 4.31 Å². The smallest absolute Gasteiger partial charge is 0.248 e. The van der Waals surface area contributed by atoms with Crippen molar-refractivity contribution in [3.8, 4) is 0 Å². The Balaban J connectivity index is 1.58. The van der Waals surface area contributed by atoms with Crippen molar-refractivity contribution in [2.45, 2.75) is 38.1 Å².